The highest BCUT2D eigenvalue weighted by molar-refractivity contribution is 5.77. The van der Waals surface area contributed by atoms with Gasteiger partial charge in [-0.3, -0.25) is 15.6 Å². The Morgan fingerprint density at radius 3 is 2.12 bits per heavy atom. The van der Waals surface area contributed by atoms with Crippen LogP contribution >= 0.6 is 0 Å². The van der Waals surface area contributed by atoms with Gasteiger partial charge in [-0.25, -0.2) is 22.0 Å². The summed E-state index contributed by atoms with van der Waals surface area (Å²) in [6, 6.07) is 7.05. The Balaban J connectivity index is 1.92. The van der Waals surface area contributed by atoms with Crippen LogP contribution in [0.1, 0.15) is 12.0 Å². The van der Waals surface area contributed by atoms with E-state index in [1.807, 2.05) is 11.5 Å². The molecule has 0 heterocycles. The van der Waals surface area contributed by atoms with Crippen LogP contribution in [0.4, 0.5) is 27.6 Å². The Morgan fingerprint density at radius 2 is 1.52 bits per heavy atom. The van der Waals surface area contributed by atoms with Crippen molar-refractivity contribution in [2.24, 2.45) is 0 Å². The predicted molar refractivity (Wildman–Crippen MR) is 79.3 cm³/mol. The fraction of sp³-hybridized carbons (Fsp3) is 0.188. The molecule has 4 nitrogen and oxygen atoms in total. The lowest BCUT2D eigenvalue weighted by Gasteiger charge is -2.12. The zero-order valence-corrected chi connectivity index (χ0v) is 12.9. The lowest BCUT2D eigenvalue weighted by atomic mass is 10.2. The number of hydrogen-bond acceptors (Lipinski definition) is 3. The van der Waals surface area contributed by atoms with Crippen molar-refractivity contribution in [3.63, 3.8) is 0 Å². The molecule has 0 saturated carbocycles. The number of para-hydroxylation sites is 1. The summed E-state index contributed by atoms with van der Waals surface area (Å²) >= 11 is 0. The third-order valence-electron chi connectivity index (χ3n) is 3.22. The van der Waals surface area contributed by atoms with Gasteiger partial charge in [0.1, 0.15) is 11.4 Å². The molecular weight excluding hydrogens is 347 g/mol. The first-order valence-electron chi connectivity index (χ1n) is 7.07. The van der Waals surface area contributed by atoms with Gasteiger partial charge in [-0.15, -0.1) is 0 Å². The lowest BCUT2D eigenvalue weighted by molar-refractivity contribution is -0.121. The highest BCUT2D eigenvalue weighted by atomic mass is 19.2. The molecule has 0 aliphatic carbocycles. The number of amides is 1. The van der Waals surface area contributed by atoms with Gasteiger partial charge in [0.25, 0.3) is 0 Å². The van der Waals surface area contributed by atoms with Crippen LogP contribution < -0.4 is 15.6 Å². The molecule has 0 fully saturated rings. The van der Waals surface area contributed by atoms with E-state index in [9.17, 15) is 26.7 Å². The third kappa shape index (κ3) is 4.17. The smallest absolute Gasteiger partial charge is 0.241 e. The van der Waals surface area contributed by atoms with Gasteiger partial charge < -0.3 is 4.74 Å². The van der Waals surface area contributed by atoms with Crippen molar-refractivity contribution < 1.29 is 31.5 Å². The first-order valence-corrected chi connectivity index (χ1v) is 7.07. The highest BCUT2D eigenvalue weighted by Crippen LogP contribution is 2.26. The number of ether oxygens (including phenoxy) is 1. The number of carbonyl (C=O) groups excluding carboxylic acids is 1. The normalized spacial score (nSPS) is 10.5. The second-order valence-corrected chi connectivity index (χ2v) is 4.98. The number of carbonyl (C=O) groups is 1. The number of rotatable bonds is 6. The molecule has 0 aromatic heterocycles. The fourth-order valence-corrected chi connectivity index (χ4v) is 1.88. The zero-order chi connectivity index (χ0) is 18.6. The van der Waals surface area contributed by atoms with Crippen LogP contribution in [0.3, 0.4) is 0 Å². The molecule has 0 unspecified atom stereocenters. The molecule has 0 atom stereocenters. The van der Waals surface area contributed by atoms with E-state index in [1.54, 1.807) is 30.5 Å². The van der Waals surface area contributed by atoms with Crippen molar-refractivity contribution in [2.45, 2.75) is 13.3 Å². The van der Waals surface area contributed by atoms with E-state index in [-0.39, 0.29) is 13.0 Å². The first kappa shape index (κ1) is 18.5. The predicted octanol–water partition coefficient (Wildman–Crippen LogP) is 3.60. The number of nitrogens with one attached hydrogen (secondary N) is 2. The molecule has 0 aliphatic rings. The maximum atomic E-state index is 13.4. The third-order valence-corrected chi connectivity index (χ3v) is 3.22. The number of anilines is 1. The van der Waals surface area contributed by atoms with Crippen molar-refractivity contribution >= 4 is 11.6 Å². The molecule has 0 aliphatic heterocycles. The Hall–Kier alpha value is -2.84. The maximum Gasteiger partial charge on any atom is 0.241 e. The molecule has 134 valence electrons. The monoisotopic (exact) mass is 360 g/mol. The van der Waals surface area contributed by atoms with Crippen LogP contribution in [0.15, 0.2) is 24.3 Å². The maximum absolute atomic E-state index is 13.4. The summed E-state index contributed by atoms with van der Waals surface area (Å²) in [6.45, 7) is 1.76. The van der Waals surface area contributed by atoms with Gasteiger partial charge in [0.15, 0.2) is 23.3 Å². The molecule has 0 radical (unpaired) electrons. The van der Waals surface area contributed by atoms with Crippen molar-refractivity contribution in [3.8, 4) is 5.75 Å². The molecule has 1 amide bonds. The Labute approximate surface area is 139 Å². The highest BCUT2D eigenvalue weighted by Gasteiger charge is 2.25. The average Bonchev–Trinajstić information content (AvgIpc) is 2.60. The molecule has 25 heavy (non-hydrogen) atoms. The molecule has 0 bridgehead atoms. The summed E-state index contributed by atoms with van der Waals surface area (Å²) in [5, 5.41) is 0. The van der Waals surface area contributed by atoms with Crippen LogP contribution in [0.2, 0.25) is 0 Å². The summed E-state index contributed by atoms with van der Waals surface area (Å²) in [7, 11) is 0. The average molecular weight is 360 g/mol. The molecule has 0 saturated heterocycles. The van der Waals surface area contributed by atoms with E-state index in [0.717, 1.165) is 5.56 Å². The van der Waals surface area contributed by atoms with Crippen molar-refractivity contribution in [1.29, 1.82) is 0 Å². The molecule has 0 spiro atoms. The number of hydrazine groups is 1. The Kier molecular flexibility index (Phi) is 5.79. The SMILES string of the molecule is Cc1ccccc1OCCC(=O)NNc1c(F)c(F)c(F)c(F)c1F. The zero-order valence-electron chi connectivity index (χ0n) is 12.9. The largest absolute Gasteiger partial charge is 0.493 e. The van der Waals surface area contributed by atoms with E-state index in [2.05, 4.69) is 0 Å². The second kappa shape index (κ2) is 7.82. The van der Waals surface area contributed by atoms with E-state index in [4.69, 9.17) is 4.74 Å². The quantitative estimate of drug-likeness (QED) is 0.358. The van der Waals surface area contributed by atoms with Crippen molar-refractivity contribution in [3.05, 3.63) is 58.9 Å². The van der Waals surface area contributed by atoms with E-state index in [0.29, 0.717) is 5.75 Å². The Morgan fingerprint density at radius 1 is 0.960 bits per heavy atom. The molecular formula is C16H13F5N2O2. The standard InChI is InChI=1S/C16H13F5N2O2/c1-8-4-2-3-5-9(8)25-7-6-10(24)22-23-16-14(20)12(18)11(17)13(19)15(16)21/h2-5,23H,6-7H2,1H3,(H,22,24). The first-order chi connectivity index (χ1) is 11.8. The summed E-state index contributed by atoms with van der Waals surface area (Å²) < 4.78 is 71.1. The summed E-state index contributed by atoms with van der Waals surface area (Å²) in [6.07, 6.45) is -0.212. The number of aryl methyl sites for hydroxylation is 1. The van der Waals surface area contributed by atoms with Gasteiger partial charge in [0.2, 0.25) is 11.7 Å². The van der Waals surface area contributed by atoms with Crippen LogP contribution in [-0.4, -0.2) is 12.5 Å². The number of halogens is 5. The van der Waals surface area contributed by atoms with Crippen molar-refractivity contribution in [1.82, 2.24) is 5.43 Å². The van der Waals surface area contributed by atoms with Crippen LogP contribution in [0, 0.1) is 36.0 Å². The van der Waals surface area contributed by atoms with E-state index in [1.165, 1.54) is 0 Å². The van der Waals surface area contributed by atoms with Gasteiger partial charge in [0.05, 0.1) is 13.0 Å². The molecule has 2 rings (SSSR count). The van der Waals surface area contributed by atoms with Crippen LogP contribution in [-0.2, 0) is 4.79 Å². The van der Waals surface area contributed by atoms with Gasteiger partial charge >= 0.3 is 0 Å². The second-order valence-electron chi connectivity index (χ2n) is 4.98. The molecule has 2 N–H and O–H groups in total. The number of benzene rings is 2. The fourth-order valence-electron chi connectivity index (χ4n) is 1.88. The van der Waals surface area contributed by atoms with Crippen LogP contribution in [0.25, 0.3) is 0 Å². The minimum atomic E-state index is -2.28. The molecule has 2 aromatic rings. The van der Waals surface area contributed by atoms with Crippen molar-refractivity contribution in [2.75, 3.05) is 12.0 Å². The van der Waals surface area contributed by atoms with Gasteiger partial charge in [-0.2, -0.15) is 0 Å². The molecule has 2 aromatic carbocycles. The minimum Gasteiger partial charge on any atom is -0.493 e. The Bertz CT molecular complexity index is 769. The summed E-state index contributed by atoms with van der Waals surface area (Å²) in [4.78, 5) is 11.6. The topological polar surface area (TPSA) is 50.4 Å². The molecule has 9 heteroatoms. The van der Waals surface area contributed by atoms with Crippen LogP contribution in [0.5, 0.6) is 5.75 Å². The number of hydrogen-bond donors (Lipinski definition) is 2. The van der Waals surface area contributed by atoms with Gasteiger partial charge in [-0.05, 0) is 18.6 Å². The van der Waals surface area contributed by atoms with E-state index >= 15 is 0 Å². The minimum absolute atomic E-state index is 0.0462. The van der Waals surface area contributed by atoms with Gasteiger partial charge in [-0.1, -0.05) is 18.2 Å². The van der Waals surface area contributed by atoms with Gasteiger partial charge in [0, 0.05) is 0 Å². The lowest BCUT2D eigenvalue weighted by Crippen LogP contribution is -2.31. The summed E-state index contributed by atoms with van der Waals surface area (Å²) in [5.41, 5.74) is 3.06. The van der Waals surface area contributed by atoms with E-state index < -0.39 is 40.7 Å². The summed E-state index contributed by atoms with van der Waals surface area (Å²) in [5.74, 6) is -10.9.